The summed E-state index contributed by atoms with van der Waals surface area (Å²) in [6, 6.07) is 1.26. The highest BCUT2D eigenvalue weighted by Gasteiger charge is 2.16. The van der Waals surface area contributed by atoms with Gasteiger partial charge in [0.1, 0.15) is 6.33 Å². The zero-order valence-electron chi connectivity index (χ0n) is 10.1. The van der Waals surface area contributed by atoms with Crippen LogP contribution in [0.5, 0.6) is 0 Å². The maximum atomic E-state index is 11.2. The molecule has 2 aromatic heterocycles. The Kier molecular flexibility index (Phi) is 3.19. The van der Waals surface area contributed by atoms with Gasteiger partial charge < -0.3 is 4.74 Å². The van der Waals surface area contributed by atoms with E-state index in [-0.39, 0.29) is 17.3 Å². The van der Waals surface area contributed by atoms with Gasteiger partial charge in [-0.2, -0.15) is 0 Å². The van der Waals surface area contributed by atoms with Crippen LogP contribution >= 0.6 is 0 Å². The van der Waals surface area contributed by atoms with E-state index in [4.69, 9.17) is 0 Å². The molecule has 2 rings (SSSR count). The molecular weight excluding hydrogens is 254 g/mol. The number of aromatic nitrogens is 4. The van der Waals surface area contributed by atoms with Gasteiger partial charge in [-0.1, -0.05) is 0 Å². The molecule has 0 N–H and O–H groups in total. The second kappa shape index (κ2) is 4.80. The smallest absolute Gasteiger partial charge is 0.377 e. The zero-order valence-corrected chi connectivity index (χ0v) is 10.1. The highest BCUT2D eigenvalue weighted by Crippen LogP contribution is 2.18. The van der Waals surface area contributed by atoms with Crippen molar-refractivity contribution in [3.8, 4) is 5.82 Å². The molecule has 0 bridgehead atoms. The van der Waals surface area contributed by atoms with E-state index in [1.807, 2.05) is 0 Å². The predicted molar refractivity (Wildman–Crippen MR) is 61.9 cm³/mol. The molecule has 0 saturated heterocycles. The largest absolute Gasteiger partial charge is 0.463 e. The van der Waals surface area contributed by atoms with Gasteiger partial charge in [-0.05, 0) is 6.92 Å². The molecular formula is C10H9N5O4. The highest BCUT2D eigenvalue weighted by atomic mass is 16.6. The zero-order chi connectivity index (χ0) is 14.0. The number of rotatable bonds is 3. The van der Waals surface area contributed by atoms with E-state index < -0.39 is 10.9 Å². The number of methoxy groups -OCH3 is 1. The van der Waals surface area contributed by atoms with Crippen LogP contribution in [0.15, 0.2) is 18.6 Å². The molecule has 0 spiro atoms. The van der Waals surface area contributed by atoms with Gasteiger partial charge >= 0.3 is 5.97 Å². The van der Waals surface area contributed by atoms with Gasteiger partial charge in [-0.25, -0.2) is 19.4 Å². The third-order valence-corrected chi connectivity index (χ3v) is 2.35. The summed E-state index contributed by atoms with van der Waals surface area (Å²) in [5.41, 5.74) is 0.349. The minimum Gasteiger partial charge on any atom is -0.463 e. The minimum atomic E-state index is -0.694. The van der Waals surface area contributed by atoms with Gasteiger partial charge in [-0.3, -0.25) is 10.1 Å². The van der Waals surface area contributed by atoms with Crippen LogP contribution in [0.3, 0.4) is 0 Å². The van der Waals surface area contributed by atoms with Crippen LogP contribution in [0.2, 0.25) is 0 Å². The van der Waals surface area contributed by atoms with E-state index in [0.29, 0.717) is 5.56 Å². The number of hydrogen-bond donors (Lipinski definition) is 0. The molecule has 0 aromatic carbocycles. The first-order chi connectivity index (χ1) is 9.02. The van der Waals surface area contributed by atoms with Crippen molar-refractivity contribution >= 4 is 11.7 Å². The number of carbonyl (C=O) groups is 1. The fourth-order valence-corrected chi connectivity index (χ4v) is 1.38. The standard InChI is InChI=1S/C10H9N5O4/c1-6-4-11-8(3-7(6)15(17)18)14-5-12-9(13-14)10(16)19-2/h3-5H,1-2H3. The van der Waals surface area contributed by atoms with Gasteiger partial charge in [-0.15, -0.1) is 5.10 Å². The Hall–Kier alpha value is -2.84. The Morgan fingerprint density at radius 1 is 1.47 bits per heavy atom. The van der Waals surface area contributed by atoms with Crippen LogP contribution in [0.25, 0.3) is 5.82 Å². The molecule has 0 unspecified atom stereocenters. The first-order valence-electron chi connectivity index (χ1n) is 5.14. The Bertz CT molecular complexity index is 651. The molecule has 2 aromatic rings. The predicted octanol–water partition coefficient (Wildman–Crippen LogP) is 0.666. The first kappa shape index (κ1) is 12.6. The quantitative estimate of drug-likeness (QED) is 0.454. The molecule has 0 aliphatic rings. The normalized spacial score (nSPS) is 10.2. The molecule has 0 aliphatic heterocycles. The Balaban J connectivity index is 2.42. The average Bonchev–Trinajstić information content (AvgIpc) is 2.87. The van der Waals surface area contributed by atoms with E-state index in [0.717, 1.165) is 0 Å². The van der Waals surface area contributed by atoms with Gasteiger partial charge in [0.2, 0.25) is 0 Å². The summed E-state index contributed by atoms with van der Waals surface area (Å²) in [6.45, 7) is 1.58. The molecule has 19 heavy (non-hydrogen) atoms. The molecule has 0 fully saturated rings. The number of pyridine rings is 1. The summed E-state index contributed by atoms with van der Waals surface area (Å²) in [4.78, 5) is 29.2. The van der Waals surface area contributed by atoms with Crippen molar-refractivity contribution in [2.24, 2.45) is 0 Å². The molecule has 0 saturated carbocycles. The number of esters is 1. The SMILES string of the molecule is COC(=O)c1ncn(-c2cc([N+](=O)[O-])c(C)cn2)n1. The maximum Gasteiger partial charge on any atom is 0.377 e. The third-order valence-electron chi connectivity index (χ3n) is 2.35. The van der Waals surface area contributed by atoms with Crippen LogP contribution < -0.4 is 0 Å². The van der Waals surface area contributed by atoms with Crippen LogP contribution in [-0.4, -0.2) is 37.8 Å². The molecule has 9 nitrogen and oxygen atoms in total. The summed E-state index contributed by atoms with van der Waals surface area (Å²) in [7, 11) is 1.21. The lowest BCUT2D eigenvalue weighted by molar-refractivity contribution is -0.385. The van der Waals surface area contributed by atoms with Crippen LogP contribution in [0.1, 0.15) is 16.2 Å². The van der Waals surface area contributed by atoms with Crippen molar-refractivity contribution in [3.63, 3.8) is 0 Å². The fraction of sp³-hybridized carbons (Fsp3) is 0.200. The van der Waals surface area contributed by atoms with Gasteiger partial charge in [0.05, 0.1) is 18.1 Å². The lowest BCUT2D eigenvalue weighted by atomic mass is 10.2. The number of ether oxygens (including phenoxy) is 1. The summed E-state index contributed by atoms with van der Waals surface area (Å²) in [6.07, 6.45) is 2.58. The summed E-state index contributed by atoms with van der Waals surface area (Å²) >= 11 is 0. The monoisotopic (exact) mass is 263 g/mol. The molecule has 98 valence electrons. The second-order valence-electron chi connectivity index (χ2n) is 3.59. The Labute approximate surface area is 107 Å². The minimum absolute atomic E-state index is 0.0832. The van der Waals surface area contributed by atoms with Crippen molar-refractivity contribution in [1.29, 1.82) is 0 Å². The van der Waals surface area contributed by atoms with E-state index in [1.54, 1.807) is 6.92 Å². The summed E-state index contributed by atoms with van der Waals surface area (Å²) in [5.74, 6) is -0.646. The lowest BCUT2D eigenvalue weighted by Gasteiger charge is -2.01. The van der Waals surface area contributed by atoms with E-state index in [1.165, 1.54) is 30.4 Å². The van der Waals surface area contributed by atoms with Crippen LogP contribution in [0.4, 0.5) is 5.69 Å². The number of nitrogens with zero attached hydrogens (tertiary/aromatic N) is 5. The maximum absolute atomic E-state index is 11.2. The Morgan fingerprint density at radius 2 is 2.21 bits per heavy atom. The molecule has 2 heterocycles. The molecule has 0 radical (unpaired) electrons. The van der Waals surface area contributed by atoms with E-state index >= 15 is 0 Å². The second-order valence-corrected chi connectivity index (χ2v) is 3.59. The van der Waals surface area contributed by atoms with Crippen molar-refractivity contribution < 1.29 is 14.5 Å². The Morgan fingerprint density at radius 3 is 2.84 bits per heavy atom. The number of hydrogen-bond acceptors (Lipinski definition) is 7. The van der Waals surface area contributed by atoms with Crippen molar-refractivity contribution in [2.45, 2.75) is 6.92 Å². The van der Waals surface area contributed by atoms with E-state index in [2.05, 4.69) is 19.8 Å². The van der Waals surface area contributed by atoms with Crippen molar-refractivity contribution in [1.82, 2.24) is 19.7 Å². The van der Waals surface area contributed by atoms with Crippen LogP contribution in [0, 0.1) is 17.0 Å². The van der Waals surface area contributed by atoms with Crippen LogP contribution in [-0.2, 0) is 4.74 Å². The van der Waals surface area contributed by atoms with E-state index in [9.17, 15) is 14.9 Å². The summed E-state index contributed by atoms with van der Waals surface area (Å²) in [5, 5.41) is 14.7. The van der Waals surface area contributed by atoms with Gasteiger partial charge in [0.25, 0.3) is 11.5 Å². The van der Waals surface area contributed by atoms with Gasteiger partial charge in [0.15, 0.2) is 5.82 Å². The lowest BCUT2D eigenvalue weighted by Crippen LogP contribution is -2.06. The first-order valence-corrected chi connectivity index (χ1v) is 5.14. The molecule has 9 heteroatoms. The highest BCUT2D eigenvalue weighted by molar-refractivity contribution is 5.84. The fourth-order valence-electron chi connectivity index (χ4n) is 1.38. The summed E-state index contributed by atoms with van der Waals surface area (Å²) < 4.78 is 5.63. The molecule has 0 amide bonds. The number of carbonyl (C=O) groups excluding carboxylic acids is 1. The third kappa shape index (κ3) is 2.39. The van der Waals surface area contributed by atoms with Gasteiger partial charge in [0, 0.05) is 11.8 Å². The molecule has 0 aliphatic carbocycles. The topological polar surface area (TPSA) is 113 Å². The number of nitro groups is 1. The van der Waals surface area contributed by atoms with Crippen molar-refractivity contribution in [2.75, 3.05) is 7.11 Å². The number of aryl methyl sites for hydroxylation is 1. The average molecular weight is 263 g/mol. The van der Waals surface area contributed by atoms with Crippen molar-refractivity contribution in [3.05, 3.63) is 40.1 Å². The molecule has 0 atom stereocenters.